The number of piperidine rings is 1. The number of nitrogens with one attached hydrogen (secondary N) is 1. The Morgan fingerprint density at radius 2 is 2.10 bits per heavy atom. The predicted molar refractivity (Wildman–Crippen MR) is 108 cm³/mol. The molecule has 1 aliphatic rings. The number of carbonyl (C=O) groups is 1. The summed E-state index contributed by atoms with van der Waals surface area (Å²) in [5, 5.41) is 2.77. The van der Waals surface area contributed by atoms with Crippen molar-refractivity contribution in [2.75, 3.05) is 19.6 Å². The molecule has 0 saturated carbocycles. The average molecular weight is 417 g/mol. The summed E-state index contributed by atoms with van der Waals surface area (Å²) in [7, 11) is -3.63. The van der Waals surface area contributed by atoms with Crippen LogP contribution >= 0.6 is 0 Å². The Labute approximate surface area is 170 Å². The number of rotatable bonds is 7. The summed E-state index contributed by atoms with van der Waals surface area (Å²) in [6.07, 6.45) is 5.69. The van der Waals surface area contributed by atoms with E-state index < -0.39 is 10.0 Å². The first-order valence-electron chi connectivity index (χ1n) is 9.35. The molecule has 9 heteroatoms. The number of benzene rings is 1. The fraction of sp³-hybridized carbons (Fsp3) is 0.350. The van der Waals surface area contributed by atoms with Crippen LogP contribution in [0.1, 0.15) is 18.5 Å². The number of aromatic nitrogens is 2. The average Bonchev–Trinajstić information content (AvgIpc) is 2.72. The molecule has 154 valence electrons. The number of hydrogen-bond donors (Lipinski definition) is 1. The normalized spacial score (nSPS) is 15.6. The van der Waals surface area contributed by atoms with Crippen LogP contribution in [0.4, 0.5) is 0 Å². The molecule has 0 radical (unpaired) electrons. The van der Waals surface area contributed by atoms with Crippen LogP contribution in [-0.4, -0.2) is 48.2 Å². The van der Waals surface area contributed by atoms with Crippen molar-refractivity contribution in [2.24, 2.45) is 5.92 Å². The molecule has 1 aromatic carbocycles. The molecular weight excluding hydrogens is 392 g/mol. The van der Waals surface area contributed by atoms with Gasteiger partial charge >= 0.3 is 0 Å². The van der Waals surface area contributed by atoms with Crippen molar-refractivity contribution in [1.82, 2.24) is 19.6 Å². The summed E-state index contributed by atoms with van der Waals surface area (Å²) < 4.78 is 33.2. The van der Waals surface area contributed by atoms with Gasteiger partial charge in [0.25, 0.3) is 0 Å². The maximum Gasteiger partial charge on any atom is 0.243 e. The number of aryl methyl sites for hydroxylation is 1. The van der Waals surface area contributed by atoms with Crippen molar-refractivity contribution in [1.29, 1.82) is 0 Å². The van der Waals surface area contributed by atoms with Crippen LogP contribution in [0.2, 0.25) is 0 Å². The van der Waals surface area contributed by atoms with E-state index in [-0.39, 0.29) is 16.7 Å². The van der Waals surface area contributed by atoms with E-state index in [4.69, 9.17) is 4.74 Å². The minimum Gasteiger partial charge on any atom is -0.437 e. The Morgan fingerprint density at radius 1 is 1.34 bits per heavy atom. The second-order valence-electron chi connectivity index (χ2n) is 6.87. The second-order valence-corrected chi connectivity index (χ2v) is 8.81. The van der Waals surface area contributed by atoms with Gasteiger partial charge in [0.15, 0.2) is 0 Å². The SMILES string of the molecule is C=CC(=O)NCC1CCN(S(=O)(=O)c2cccc(Oc3cncc(C)n3)c2)CC1. The Balaban J connectivity index is 1.65. The Hall–Kier alpha value is -2.78. The summed E-state index contributed by atoms with van der Waals surface area (Å²) in [6, 6.07) is 6.37. The van der Waals surface area contributed by atoms with Gasteiger partial charge in [-0.3, -0.25) is 9.78 Å². The predicted octanol–water partition coefficient (Wildman–Crippen LogP) is 2.28. The third-order valence-electron chi connectivity index (χ3n) is 4.72. The number of sulfonamides is 1. The van der Waals surface area contributed by atoms with Gasteiger partial charge in [0, 0.05) is 31.9 Å². The van der Waals surface area contributed by atoms with Gasteiger partial charge in [-0.15, -0.1) is 0 Å². The van der Waals surface area contributed by atoms with Gasteiger partial charge in [-0.2, -0.15) is 4.31 Å². The standard InChI is InChI=1S/C20H24N4O4S/c1-3-19(25)22-13-16-7-9-24(10-8-16)29(26,27)18-6-4-5-17(11-18)28-20-14-21-12-15(2)23-20/h3-6,11-12,14,16H,1,7-10,13H2,2H3,(H,22,25). The molecule has 1 saturated heterocycles. The molecule has 2 aromatic rings. The van der Waals surface area contributed by atoms with Crippen LogP contribution < -0.4 is 10.1 Å². The van der Waals surface area contributed by atoms with Gasteiger partial charge in [0.05, 0.1) is 16.8 Å². The van der Waals surface area contributed by atoms with Crippen LogP contribution in [0.15, 0.2) is 54.2 Å². The minimum absolute atomic E-state index is 0.175. The van der Waals surface area contributed by atoms with Crippen molar-refractivity contribution < 1.29 is 17.9 Å². The number of carbonyl (C=O) groups excluding carboxylic acids is 1. The summed E-state index contributed by atoms with van der Waals surface area (Å²) in [6.45, 7) is 6.57. The third kappa shape index (κ3) is 5.39. The topological polar surface area (TPSA) is 101 Å². The van der Waals surface area contributed by atoms with Crippen LogP contribution in [0, 0.1) is 12.8 Å². The molecule has 1 amide bonds. The van der Waals surface area contributed by atoms with Gasteiger partial charge in [-0.1, -0.05) is 12.6 Å². The number of hydrogen-bond acceptors (Lipinski definition) is 6. The first-order chi connectivity index (χ1) is 13.9. The lowest BCUT2D eigenvalue weighted by Crippen LogP contribution is -2.41. The molecular formula is C20H24N4O4S. The molecule has 8 nitrogen and oxygen atoms in total. The van der Waals surface area contributed by atoms with Crippen molar-refractivity contribution in [3.8, 4) is 11.6 Å². The second kappa shape index (κ2) is 9.15. The first-order valence-corrected chi connectivity index (χ1v) is 10.8. The van der Waals surface area contributed by atoms with Gasteiger partial charge in [0.1, 0.15) is 5.75 Å². The summed E-state index contributed by atoms with van der Waals surface area (Å²) in [5.41, 5.74) is 0.707. The molecule has 1 aliphatic heterocycles. The third-order valence-corrected chi connectivity index (χ3v) is 6.62. The fourth-order valence-corrected chi connectivity index (χ4v) is 4.63. The lowest BCUT2D eigenvalue weighted by atomic mass is 9.98. The summed E-state index contributed by atoms with van der Waals surface area (Å²) >= 11 is 0. The number of nitrogens with zero attached hydrogens (tertiary/aromatic N) is 3. The molecule has 0 atom stereocenters. The highest BCUT2D eigenvalue weighted by Gasteiger charge is 2.29. The fourth-order valence-electron chi connectivity index (χ4n) is 3.13. The smallest absolute Gasteiger partial charge is 0.243 e. The lowest BCUT2D eigenvalue weighted by molar-refractivity contribution is -0.116. The summed E-state index contributed by atoms with van der Waals surface area (Å²) in [5.74, 6) is 0.727. The Kier molecular flexibility index (Phi) is 6.60. The van der Waals surface area contributed by atoms with Crippen molar-refractivity contribution in [2.45, 2.75) is 24.7 Å². The van der Waals surface area contributed by atoms with Crippen LogP contribution in [0.3, 0.4) is 0 Å². The van der Waals surface area contributed by atoms with Gasteiger partial charge < -0.3 is 10.1 Å². The van der Waals surface area contributed by atoms with E-state index in [0.717, 1.165) is 0 Å². The monoisotopic (exact) mass is 416 g/mol. The van der Waals surface area contributed by atoms with Crippen molar-refractivity contribution in [3.63, 3.8) is 0 Å². The zero-order valence-electron chi connectivity index (χ0n) is 16.2. The van der Waals surface area contributed by atoms with E-state index in [1.54, 1.807) is 31.3 Å². The Morgan fingerprint density at radius 3 is 2.79 bits per heavy atom. The van der Waals surface area contributed by atoms with E-state index in [1.807, 2.05) is 0 Å². The first kappa shape index (κ1) is 20.9. The lowest BCUT2D eigenvalue weighted by Gasteiger charge is -2.31. The highest BCUT2D eigenvalue weighted by Crippen LogP contribution is 2.27. The van der Waals surface area contributed by atoms with Crippen LogP contribution in [0.25, 0.3) is 0 Å². The van der Waals surface area contributed by atoms with Gasteiger partial charge in [-0.05, 0) is 43.9 Å². The summed E-state index contributed by atoms with van der Waals surface area (Å²) in [4.78, 5) is 19.7. The van der Waals surface area contributed by atoms with E-state index in [9.17, 15) is 13.2 Å². The number of amides is 1. The quantitative estimate of drug-likeness (QED) is 0.695. The van der Waals surface area contributed by atoms with E-state index in [2.05, 4.69) is 21.9 Å². The molecule has 3 rings (SSSR count). The molecule has 0 unspecified atom stereocenters. The maximum absolute atomic E-state index is 13.0. The van der Waals surface area contributed by atoms with E-state index in [1.165, 1.54) is 22.6 Å². The molecule has 1 fully saturated rings. The van der Waals surface area contributed by atoms with Crippen LogP contribution in [-0.2, 0) is 14.8 Å². The number of ether oxygens (including phenoxy) is 1. The molecule has 1 N–H and O–H groups in total. The van der Waals surface area contributed by atoms with Crippen LogP contribution in [0.5, 0.6) is 11.6 Å². The molecule has 2 heterocycles. The molecule has 1 aromatic heterocycles. The zero-order chi connectivity index (χ0) is 20.9. The van der Waals surface area contributed by atoms with Crippen molar-refractivity contribution >= 4 is 15.9 Å². The maximum atomic E-state index is 13.0. The minimum atomic E-state index is -3.63. The van der Waals surface area contributed by atoms with Gasteiger partial charge in [-0.25, -0.2) is 13.4 Å². The van der Waals surface area contributed by atoms with E-state index >= 15 is 0 Å². The van der Waals surface area contributed by atoms with Crippen molar-refractivity contribution in [3.05, 3.63) is 55.0 Å². The highest BCUT2D eigenvalue weighted by atomic mass is 32.2. The molecule has 0 spiro atoms. The van der Waals surface area contributed by atoms with E-state index in [0.29, 0.717) is 49.8 Å². The highest BCUT2D eigenvalue weighted by molar-refractivity contribution is 7.89. The molecule has 29 heavy (non-hydrogen) atoms. The largest absolute Gasteiger partial charge is 0.437 e. The van der Waals surface area contributed by atoms with Gasteiger partial charge in [0.2, 0.25) is 21.8 Å². The molecule has 0 aliphatic carbocycles. The zero-order valence-corrected chi connectivity index (χ0v) is 17.1. The Bertz CT molecular complexity index is 985. The molecule has 0 bridgehead atoms.